The number of benzene rings is 1. The van der Waals surface area contributed by atoms with Crippen LogP contribution in [-0.2, 0) is 6.54 Å². The van der Waals surface area contributed by atoms with E-state index in [-0.39, 0.29) is 5.91 Å². The maximum atomic E-state index is 12.1. The van der Waals surface area contributed by atoms with Gasteiger partial charge < -0.3 is 9.84 Å². The van der Waals surface area contributed by atoms with Crippen LogP contribution < -0.4 is 5.32 Å². The molecule has 1 amide bonds. The average molecular weight is 296 g/mol. The molecule has 0 spiro atoms. The minimum atomic E-state index is -0.155. The van der Waals surface area contributed by atoms with E-state index in [0.29, 0.717) is 17.8 Å². The highest BCUT2D eigenvalue weighted by atomic mass is 16.5. The van der Waals surface area contributed by atoms with E-state index in [2.05, 4.69) is 15.6 Å². The van der Waals surface area contributed by atoms with Crippen LogP contribution in [0.2, 0.25) is 0 Å². The monoisotopic (exact) mass is 296 g/mol. The summed E-state index contributed by atoms with van der Waals surface area (Å²) in [6.07, 6.45) is 3.41. The Morgan fingerprint density at radius 3 is 2.73 bits per heavy atom. The zero-order valence-electron chi connectivity index (χ0n) is 12.4. The Labute approximate surface area is 127 Å². The second kappa shape index (κ2) is 5.85. The first-order valence-electron chi connectivity index (χ1n) is 6.94. The third-order valence-corrected chi connectivity index (χ3v) is 3.43. The van der Waals surface area contributed by atoms with Crippen LogP contribution in [0.25, 0.3) is 0 Å². The number of nitrogens with zero attached hydrogens (tertiary/aromatic N) is 3. The van der Waals surface area contributed by atoms with Gasteiger partial charge in [0.2, 0.25) is 0 Å². The van der Waals surface area contributed by atoms with Gasteiger partial charge in [-0.1, -0.05) is 23.4 Å². The van der Waals surface area contributed by atoms with E-state index in [0.717, 1.165) is 17.0 Å². The molecule has 3 rings (SSSR count). The molecule has 0 saturated carbocycles. The average Bonchev–Trinajstić information content (AvgIpc) is 3.10. The zero-order chi connectivity index (χ0) is 15.5. The molecule has 0 saturated heterocycles. The van der Waals surface area contributed by atoms with Crippen LogP contribution >= 0.6 is 0 Å². The summed E-state index contributed by atoms with van der Waals surface area (Å²) in [4.78, 5) is 12.1. The molecule has 1 N–H and O–H groups in total. The number of aromatic nitrogens is 3. The van der Waals surface area contributed by atoms with Crippen molar-refractivity contribution in [3.63, 3.8) is 0 Å². The second-order valence-electron chi connectivity index (χ2n) is 5.05. The number of hydrogen-bond acceptors (Lipinski definition) is 4. The van der Waals surface area contributed by atoms with Crippen LogP contribution in [0, 0.1) is 13.8 Å². The summed E-state index contributed by atoms with van der Waals surface area (Å²) in [6, 6.07) is 9.07. The fraction of sp³-hybridized carbons (Fsp3) is 0.188. The summed E-state index contributed by atoms with van der Waals surface area (Å²) >= 11 is 0. The molecule has 0 bridgehead atoms. The van der Waals surface area contributed by atoms with E-state index < -0.39 is 0 Å². The SMILES string of the molecule is Cc1noc(C)c1Cn1cc(NC(=O)c2ccccc2)cn1. The standard InChI is InChI=1S/C16H16N4O2/c1-11-15(12(2)22-19-11)10-20-9-14(8-17-20)18-16(21)13-6-4-3-5-7-13/h3-9H,10H2,1-2H3,(H,18,21). The third kappa shape index (κ3) is 2.90. The van der Waals surface area contributed by atoms with Crippen molar-refractivity contribution in [2.24, 2.45) is 0 Å². The first-order chi connectivity index (χ1) is 10.6. The van der Waals surface area contributed by atoms with Crippen molar-refractivity contribution in [2.75, 3.05) is 5.32 Å². The van der Waals surface area contributed by atoms with E-state index in [9.17, 15) is 4.79 Å². The van der Waals surface area contributed by atoms with Crippen LogP contribution in [-0.4, -0.2) is 20.8 Å². The van der Waals surface area contributed by atoms with Gasteiger partial charge >= 0.3 is 0 Å². The van der Waals surface area contributed by atoms with Gasteiger partial charge in [0.1, 0.15) is 5.76 Å². The van der Waals surface area contributed by atoms with Gasteiger partial charge in [0, 0.05) is 17.3 Å². The molecular formula is C16H16N4O2. The van der Waals surface area contributed by atoms with Gasteiger partial charge in [-0.2, -0.15) is 5.10 Å². The number of carbonyl (C=O) groups is 1. The van der Waals surface area contributed by atoms with Crippen molar-refractivity contribution in [3.8, 4) is 0 Å². The summed E-state index contributed by atoms with van der Waals surface area (Å²) in [7, 11) is 0. The lowest BCUT2D eigenvalue weighted by molar-refractivity contribution is 0.102. The molecule has 0 fully saturated rings. The largest absolute Gasteiger partial charge is 0.361 e. The lowest BCUT2D eigenvalue weighted by Crippen LogP contribution is -2.11. The molecular weight excluding hydrogens is 280 g/mol. The molecule has 22 heavy (non-hydrogen) atoms. The Morgan fingerprint density at radius 2 is 2.05 bits per heavy atom. The normalized spacial score (nSPS) is 10.6. The van der Waals surface area contributed by atoms with Gasteiger partial charge in [0.05, 0.1) is 24.1 Å². The molecule has 0 radical (unpaired) electrons. The maximum absolute atomic E-state index is 12.1. The van der Waals surface area contributed by atoms with Crippen LogP contribution in [0.5, 0.6) is 0 Å². The van der Waals surface area contributed by atoms with E-state index in [1.165, 1.54) is 0 Å². The van der Waals surface area contributed by atoms with Crippen LogP contribution in [0.1, 0.15) is 27.4 Å². The maximum Gasteiger partial charge on any atom is 0.255 e. The summed E-state index contributed by atoms with van der Waals surface area (Å²) < 4.78 is 6.88. The first kappa shape index (κ1) is 14.1. The summed E-state index contributed by atoms with van der Waals surface area (Å²) in [5.74, 6) is 0.625. The highest BCUT2D eigenvalue weighted by Crippen LogP contribution is 2.15. The number of hydrogen-bond donors (Lipinski definition) is 1. The molecule has 1 aromatic carbocycles. The predicted octanol–water partition coefficient (Wildman–Crippen LogP) is 2.79. The van der Waals surface area contributed by atoms with Crippen molar-refractivity contribution >= 4 is 11.6 Å². The molecule has 0 atom stereocenters. The summed E-state index contributed by atoms with van der Waals surface area (Å²) in [5.41, 5.74) is 3.12. The number of aryl methyl sites for hydroxylation is 2. The van der Waals surface area contributed by atoms with Crippen molar-refractivity contribution in [1.82, 2.24) is 14.9 Å². The van der Waals surface area contributed by atoms with Crippen molar-refractivity contribution < 1.29 is 9.32 Å². The highest BCUT2D eigenvalue weighted by Gasteiger charge is 2.11. The molecule has 0 aliphatic carbocycles. The quantitative estimate of drug-likeness (QED) is 0.803. The summed E-state index contributed by atoms with van der Waals surface area (Å²) in [6.45, 7) is 4.33. The lowest BCUT2D eigenvalue weighted by atomic mass is 10.2. The molecule has 2 heterocycles. The van der Waals surface area contributed by atoms with Gasteiger partial charge in [-0.15, -0.1) is 0 Å². The minimum Gasteiger partial charge on any atom is -0.361 e. The van der Waals surface area contributed by atoms with E-state index in [4.69, 9.17) is 4.52 Å². The number of nitrogens with one attached hydrogen (secondary N) is 1. The molecule has 3 aromatic rings. The van der Waals surface area contributed by atoms with Gasteiger partial charge in [-0.05, 0) is 26.0 Å². The highest BCUT2D eigenvalue weighted by molar-refractivity contribution is 6.04. The van der Waals surface area contributed by atoms with Crippen LogP contribution in [0.3, 0.4) is 0 Å². The van der Waals surface area contributed by atoms with Crippen molar-refractivity contribution in [2.45, 2.75) is 20.4 Å². The third-order valence-electron chi connectivity index (χ3n) is 3.43. The van der Waals surface area contributed by atoms with Crippen molar-refractivity contribution in [3.05, 3.63) is 65.3 Å². The van der Waals surface area contributed by atoms with Crippen LogP contribution in [0.15, 0.2) is 47.2 Å². The first-order valence-corrected chi connectivity index (χ1v) is 6.94. The Hall–Kier alpha value is -2.89. The Bertz CT molecular complexity index is 770. The smallest absolute Gasteiger partial charge is 0.255 e. The lowest BCUT2D eigenvalue weighted by Gasteiger charge is -2.02. The molecule has 112 valence electrons. The van der Waals surface area contributed by atoms with E-state index in [1.54, 1.807) is 29.2 Å². The zero-order valence-corrected chi connectivity index (χ0v) is 12.4. The molecule has 6 nitrogen and oxygen atoms in total. The fourth-order valence-corrected chi connectivity index (χ4v) is 2.20. The molecule has 0 aliphatic heterocycles. The van der Waals surface area contributed by atoms with Gasteiger partial charge in [0.15, 0.2) is 0 Å². The number of amides is 1. The van der Waals surface area contributed by atoms with Crippen LogP contribution in [0.4, 0.5) is 5.69 Å². The summed E-state index contributed by atoms with van der Waals surface area (Å²) in [5, 5.41) is 11.0. The number of carbonyl (C=O) groups excluding carboxylic acids is 1. The predicted molar refractivity (Wildman–Crippen MR) is 81.7 cm³/mol. The molecule has 0 unspecified atom stereocenters. The second-order valence-corrected chi connectivity index (χ2v) is 5.05. The van der Waals surface area contributed by atoms with Crippen molar-refractivity contribution in [1.29, 1.82) is 0 Å². The van der Waals surface area contributed by atoms with Gasteiger partial charge in [0.25, 0.3) is 5.91 Å². The molecule has 0 aliphatic rings. The number of rotatable bonds is 4. The molecule has 6 heteroatoms. The topological polar surface area (TPSA) is 73.0 Å². The minimum absolute atomic E-state index is 0.155. The van der Waals surface area contributed by atoms with Gasteiger partial charge in [-0.3, -0.25) is 9.48 Å². The number of anilines is 1. The van der Waals surface area contributed by atoms with Gasteiger partial charge in [-0.25, -0.2) is 0 Å². The Balaban J connectivity index is 1.70. The molecule has 2 aromatic heterocycles. The Morgan fingerprint density at radius 1 is 1.27 bits per heavy atom. The van der Waals surface area contributed by atoms with E-state index in [1.807, 2.05) is 32.0 Å². The fourth-order valence-electron chi connectivity index (χ4n) is 2.20. The Kier molecular flexibility index (Phi) is 3.74. The van der Waals surface area contributed by atoms with E-state index >= 15 is 0 Å².